The molecule has 0 spiro atoms. The van der Waals surface area contributed by atoms with Crippen LogP contribution in [-0.4, -0.2) is 78.1 Å². The quantitative estimate of drug-likeness (QED) is 0.638. The second kappa shape index (κ2) is 9.09. The molecular weight excluding hydrogens is 394 g/mol. The number of ether oxygens (including phenoxy) is 2. The first kappa shape index (κ1) is 20.0. The SMILES string of the molecule is CC(Nc1nc(-c2ccc(N3CCOCC3)nc2)cc2nccnc12)[C@H]1CNCCO1. The average Bonchev–Trinajstić information content (AvgIpc) is 2.85. The predicted molar refractivity (Wildman–Crippen MR) is 119 cm³/mol. The van der Waals surface area contributed by atoms with Crippen LogP contribution in [0.2, 0.25) is 0 Å². The Labute approximate surface area is 181 Å². The Morgan fingerprint density at radius 2 is 2.00 bits per heavy atom. The fourth-order valence-corrected chi connectivity index (χ4v) is 3.95. The maximum absolute atomic E-state index is 5.90. The van der Waals surface area contributed by atoms with Crippen LogP contribution in [0.15, 0.2) is 36.8 Å². The van der Waals surface area contributed by atoms with Crippen molar-refractivity contribution >= 4 is 22.7 Å². The minimum atomic E-state index is 0.0698. The van der Waals surface area contributed by atoms with E-state index in [-0.39, 0.29) is 12.1 Å². The highest BCUT2D eigenvalue weighted by atomic mass is 16.5. The molecule has 0 amide bonds. The van der Waals surface area contributed by atoms with Crippen LogP contribution in [0.5, 0.6) is 0 Å². The first-order valence-electron chi connectivity index (χ1n) is 10.8. The highest BCUT2D eigenvalue weighted by Gasteiger charge is 2.22. The molecule has 2 saturated heterocycles. The number of morpholine rings is 2. The Morgan fingerprint density at radius 1 is 1.13 bits per heavy atom. The molecule has 2 aliphatic heterocycles. The molecule has 3 aromatic rings. The summed E-state index contributed by atoms with van der Waals surface area (Å²) in [6.07, 6.45) is 5.33. The summed E-state index contributed by atoms with van der Waals surface area (Å²) in [4.78, 5) is 20.8. The summed E-state index contributed by atoms with van der Waals surface area (Å²) < 4.78 is 11.3. The summed E-state index contributed by atoms with van der Waals surface area (Å²) in [6.45, 7) is 7.71. The number of anilines is 2. The molecule has 31 heavy (non-hydrogen) atoms. The summed E-state index contributed by atoms with van der Waals surface area (Å²) in [5, 5.41) is 6.88. The number of nitrogens with zero attached hydrogens (tertiary/aromatic N) is 5. The van der Waals surface area contributed by atoms with Crippen molar-refractivity contribution in [3.63, 3.8) is 0 Å². The van der Waals surface area contributed by atoms with Crippen LogP contribution in [0.3, 0.4) is 0 Å². The number of pyridine rings is 2. The van der Waals surface area contributed by atoms with E-state index in [9.17, 15) is 0 Å². The highest BCUT2D eigenvalue weighted by Crippen LogP contribution is 2.27. The van der Waals surface area contributed by atoms with Crippen LogP contribution in [0.25, 0.3) is 22.3 Å². The lowest BCUT2D eigenvalue weighted by atomic mass is 10.1. The number of hydrogen-bond acceptors (Lipinski definition) is 9. The maximum Gasteiger partial charge on any atom is 0.155 e. The molecule has 9 nitrogen and oxygen atoms in total. The lowest BCUT2D eigenvalue weighted by Crippen LogP contribution is -2.46. The Hall–Kier alpha value is -2.88. The van der Waals surface area contributed by atoms with E-state index < -0.39 is 0 Å². The van der Waals surface area contributed by atoms with Gasteiger partial charge in [-0.25, -0.2) is 15.0 Å². The zero-order valence-electron chi connectivity index (χ0n) is 17.6. The van der Waals surface area contributed by atoms with Gasteiger partial charge in [0, 0.05) is 50.3 Å². The van der Waals surface area contributed by atoms with Crippen molar-refractivity contribution in [1.29, 1.82) is 0 Å². The van der Waals surface area contributed by atoms with E-state index in [0.29, 0.717) is 12.4 Å². The van der Waals surface area contributed by atoms with Gasteiger partial charge >= 0.3 is 0 Å². The van der Waals surface area contributed by atoms with Crippen molar-refractivity contribution < 1.29 is 9.47 Å². The van der Waals surface area contributed by atoms with E-state index in [1.807, 2.05) is 18.3 Å². The molecule has 2 fully saturated rings. The second-order valence-electron chi connectivity index (χ2n) is 7.83. The Morgan fingerprint density at radius 3 is 2.77 bits per heavy atom. The van der Waals surface area contributed by atoms with Crippen LogP contribution in [0.1, 0.15) is 6.92 Å². The summed E-state index contributed by atoms with van der Waals surface area (Å²) in [6, 6.07) is 6.13. The van der Waals surface area contributed by atoms with Gasteiger partial charge in [-0.15, -0.1) is 0 Å². The molecule has 5 rings (SSSR count). The molecule has 5 heterocycles. The van der Waals surface area contributed by atoms with Gasteiger partial charge in [-0.3, -0.25) is 4.98 Å². The monoisotopic (exact) mass is 421 g/mol. The third-order valence-electron chi connectivity index (χ3n) is 5.71. The molecule has 2 N–H and O–H groups in total. The first-order valence-corrected chi connectivity index (χ1v) is 10.8. The fourth-order valence-electron chi connectivity index (χ4n) is 3.95. The van der Waals surface area contributed by atoms with Crippen LogP contribution in [0.4, 0.5) is 11.6 Å². The molecule has 2 atom stereocenters. The zero-order chi connectivity index (χ0) is 21.0. The van der Waals surface area contributed by atoms with E-state index >= 15 is 0 Å². The molecule has 0 aromatic carbocycles. The van der Waals surface area contributed by atoms with Crippen LogP contribution < -0.4 is 15.5 Å². The standard InChI is InChI=1S/C22H27N7O2/c1-15(19-14-23-6-9-31-19)27-22-21-18(24-4-5-25-21)12-17(28-22)16-2-3-20(26-13-16)29-7-10-30-11-8-29/h2-5,12-13,15,19,23H,6-11,14H2,1H3,(H,27,28)/t15?,19-/m1/s1. The van der Waals surface area contributed by atoms with Gasteiger partial charge in [-0.05, 0) is 25.1 Å². The molecule has 9 heteroatoms. The summed E-state index contributed by atoms with van der Waals surface area (Å²) in [5.41, 5.74) is 3.30. The van der Waals surface area contributed by atoms with Crippen molar-refractivity contribution in [3.05, 3.63) is 36.8 Å². The number of rotatable bonds is 5. The van der Waals surface area contributed by atoms with E-state index in [4.69, 9.17) is 14.5 Å². The maximum atomic E-state index is 5.90. The van der Waals surface area contributed by atoms with Crippen LogP contribution >= 0.6 is 0 Å². The number of hydrogen-bond donors (Lipinski definition) is 2. The minimum Gasteiger partial charge on any atom is -0.378 e. The minimum absolute atomic E-state index is 0.0698. The highest BCUT2D eigenvalue weighted by molar-refractivity contribution is 5.88. The van der Waals surface area contributed by atoms with E-state index in [0.717, 1.165) is 67.5 Å². The molecule has 1 unspecified atom stereocenters. The summed E-state index contributed by atoms with van der Waals surface area (Å²) in [5.74, 6) is 1.67. The Bertz CT molecular complexity index is 1020. The average molecular weight is 422 g/mol. The van der Waals surface area contributed by atoms with Gasteiger partial charge in [0.25, 0.3) is 0 Å². The number of aromatic nitrogens is 4. The Balaban J connectivity index is 1.43. The second-order valence-corrected chi connectivity index (χ2v) is 7.83. The zero-order valence-corrected chi connectivity index (χ0v) is 17.6. The van der Waals surface area contributed by atoms with Crippen molar-refractivity contribution in [2.24, 2.45) is 0 Å². The molecule has 3 aromatic heterocycles. The molecule has 162 valence electrons. The topological polar surface area (TPSA) is 97.3 Å². The van der Waals surface area contributed by atoms with E-state index in [1.165, 1.54) is 0 Å². The molecule has 2 aliphatic rings. The third-order valence-corrected chi connectivity index (χ3v) is 5.71. The van der Waals surface area contributed by atoms with E-state index in [1.54, 1.807) is 12.4 Å². The van der Waals surface area contributed by atoms with Gasteiger partial charge in [0.1, 0.15) is 11.3 Å². The largest absolute Gasteiger partial charge is 0.378 e. The van der Waals surface area contributed by atoms with Crippen molar-refractivity contribution in [1.82, 2.24) is 25.3 Å². The first-order chi connectivity index (χ1) is 15.3. The van der Waals surface area contributed by atoms with Crippen molar-refractivity contribution in [3.8, 4) is 11.3 Å². The van der Waals surface area contributed by atoms with Crippen LogP contribution in [-0.2, 0) is 9.47 Å². The summed E-state index contributed by atoms with van der Waals surface area (Å²) in [7, 11) is 0. The van der Waals surface area contributed by atoms with Gasteiger partial charge in [-0.2, -0.15) is 0 Å². The molecule has 0 aliphatic carbocycles. The molecule has 0 radical (unpaired) electrons. The van der Waals surface area contributed by atoms with Gasteiger partial charge in [0.2, 0.25) is 0 Å². The van der Waals surface area contributed by atoms with Crippen molar-refractivity contribution in [2.75, 3.05) is 56.2 Å². The normalized spacial score (nSPS) is 20.5. The van der Waals surface area contributed by atoms with E-state index in [2.05, 4.69) is 43.5 Å². The van der Waals surface area contributed by atoms with Gasteiger partial charge in [0.05, 0.1) is 43.2 Å². The molecule has 0 saturated carbocycles. The smallest absolute Gasteiger partial charge is 0.155 e. The predicted octanol–water partition coefficient (Wildman–Crippen LogP) is 1.71. The number of nitrogens with one attached hydrogen (secondary N) is 2. The fraction of sp³-hybridized carbons (Fsp3) is 0.455. The number of fused-ring (bicyclic) bond motifs is 1. The third kappa shape index (κ3) is 4.43. The van der Waals surface area contributed by atoms with Gasteiger partial charge < -0.3 is 25.0 Å². The lowest BCUT2D eigenvalue weighted by molar-refractivity contribution is 0.0201. The lowest BCUT2D eigenvalue weighted by Gasteiger charge is -2.29. The van der Waals surface area contributed by atoms with Gasteiger partial charge in [-0.1, -0.05) is 0 Å². The van der Waals surface area contributed by atoms with Crippen LogP contribution in [0, 0.1) is 0 Å². The molecule has 0 bridgehead atoms. The molecular formula is C22H27N7O2. The summed E-state index contributed by atoms with van der Waals surface area (Å²) >= 11 is 0. The Kier molecular flexibility index (Phi) is 5.88. The van der Waals surface area contributed by atoms with Crippen molar-refractivity contribution in [2.45, 2.75) is 19.1 Å². The van der Waals surface area contributed by atoms with Gasteiger partial charge in [0.15, 0.2) is 5.82 Å².